The molecular formula is C13H17NO2. The Morgan fingerprint density at radius 1 is 1.44 bits per heavy atom. The number of carbonyl (C=O) groups excluding carboxylic acids is 1. The van der Waals surface area contributed by atoms with Gasteiger partial charge in [-0.15, -0.1) is 0 Å². The van der Waals surface area contributed by atoms with Crippen molar-refractivity contribution in [1.29, 1.82) is 0 Å². The molecule has 0 amide bonds. The first-order chi connectivity index (χ1) is 7.60. The zero-order chi connectivity index (χ0) is 11.7. The van der Waals surface area contributed by atoms with Gasteiger partial charge < -0.3 is 10.1 Å². The van der Waals surface area contributed by atoms with E-state index in [1.807, 2.05) is 0 Å². The summed E-state index contributed by atoms with van der Waals surface area (Å²) >= 11 is 0. The topological polar surface area (TPSA) is 38.3 Å². The van der Waals surface area contributed by atoms with E-state index < -0.39 is 0 Å². The van der Waals surface area contributed by atoms with Crippen molar-refractivity contribution >= 4 is 11.7 Å². The monoisotopic (exact) mass is 219 g/mol. The van der Waals surface area contributed by atoms with Crippen LogP contribution in [0.5, 0.6) is 0 Å². The summed E-state index contributed by atoms with van der Waals surface area (Å²) in [4.78, 5) is 11.2. The van der Waals surface area contributed by atoms with E-state index in [4.69, 9.17) is 0 Å². The van der Waals surface area contributed by atoms with Gasteiger partial charge in [0, 0.05) is 11.7 Å². The molecule has 0 spiro atoms. The van der Waals surface area contributed by atoms with Crippen LogP contribution in [0.1, 0.15) is 23.1 Å². The van der Waals surface area contributed by atoms with Crippen LogP contribution in [0.3, 0.4) is 0 Å². The van der Waals surface area contributed by atoms with Crippen molar-refractivity contribution < 1.29 is 9.53 Å². The number of benzene rings is 1. The van der Waals surface area contributed by atoms with Gasteiger partial charge in [-0.25, -0.2) is 0 Å². The van der Waals surface area contributed by atoms with E-state index in [0.29, 0.717) is 6.42 Å². The van der Waals surface area contributed by atoms with Gasteiger partial charge in [-0.2, -0.15) is 0 Å². The fourth-order valence-corrected chi connectivity index (χ4v) is 2.12. The van der Waals surface area contributed by atoms with E-state index in [0.717, 1.165) is 12.1 Å². The van der Waals surface area contributed by atoms with Crippen LogP contribution in [0.15, 0.2) is 12.1 Å². The Hall–Kier alpha value is -1.51. The van der Waals surface area contributed by atoms with Crippen LogP contribution in [0, 0.1) is 13.8 Å². The molecule has 0 saturated heterocycles. The number of esters is 1. The molecule has 1 N–H and O–H groups in total. The lowest BCUT2D eigenvalue weighted by Crippen LogP contribution is -2.20. The average molecular weight is 219 g/mol. The first-order valence-electron chi connectivity index (χ1n) is 5.53. The van der Waals surface area contributed by atoms with Gasteiger partial charge in [-0.1, -0.05) is 6.07 Å². The predicted octanol–water partition coefficient (Wildman–Crippen LogP) is 2.20. The smallest absolute Gasteiger partial charge is 0.307 e. The maximum absolute atomic E-state index is 11.2. The number of methoxy groups -OCH3 is 1. The molecule has 1 heterocycles. The molecular weight excluding hydrogens is 202 g/mol. The molecule has 1 aromatic carbocycles. The second kappa shape index (κ2) is 4.16. The minimum Gasteiger partial charge on any atom is -0.469 e. The standard InChI is InChI=1S/C13H17NO2/c1-8-4-10-6-11(7-13(15)16-3)14-12(10)5-9(8)2/h4-5,11,14H,6-7H2,1-3H3. The molecule has 0 aromatic heterocycles. The third kappa shape index (κ3) is 2.03. The van der Waals surface area contributed by atoms with Gasteiger partial charge in [-0.05, 0) is 43.0 Å². The van der Waals surface area contributed by atoms with Crippen LogP contribution in [0.25, 0.3) is 0 Å². The second-order valence-electron chi connectivity index (χ2n) is 4.42. The summed E-state index contributed by atoms with van der Waals surface area (Å²) in [5, 5.41) is 3.37. The van der Waals surface area contributed by atoms with E-state index in [2.05, 4.69) is 36.0 Å². The second-order valence-corrected chi connectivity index (χ2v) is 4.42. The largest absolute Gasteiger partial charge is 0.469 e. The highest BCUT2D eigenvalue weighted by molar-refractivity contribution is 5.72. The number of carbonyl (C=O) groups is 1. The minimum absolute atomic E-state index is 0.154. The molecule has 1 unspecified atom stereocenters. The maximum atomic E-state index is 11.2. The van der Waals surface area contributed by atoms with E-state index in [-0.39, 0.29) is 12.0 Å². The molecule has 3 heteroatoms. The van der Waals surface area contributed by atoms with Crippen LogP contribution in [0.4, 0.5) is 5.69 Å². The normalized spacial score (nSPS) is 17.8. The predicted molar refractivity (Wildman–Crippen MR) is 63.7 cm³/mol. The van der Waals surface area contributed by atoms with Crippen LogP contribution in [-0.2, 0) is 16.0 Å². The maximum Gasteiger partial charge on any atom is 0.307 e. The number of aryl methyl sites for hydroxylation is 2. The molecule has 0 radical (unpaired) electrons. The van der Waals surface area contributed by atoms with Crippen molar-refractivity contribution in [2.75, 3.05) is 12.4 Å². The summed E-state index contributed by atoms with van der Waals surface area (Å²) in [7, 11) is 1.43. The van der Waals surface area contributed by atoms with Gasteiger partial charge in [0.25, 0.3) is 0 Å². The lowest BCUT2D eigenvalue weighted by molar-refractivity contribution is -0.140. The average Bonchev–Trinajstić information content (AvgIpc) is 2.60. The number of hydrogen-bond acceptors (Lipinski definition) is 3. The molecule has 1 aromatic rings. The molecule has 0 bridgehead atoms. The quantitative estimate of drug-likeness (QED) is 0.775. The van der Waals surface area contributed by atoms with Gasteiger partial charge in [0.05, 0.1) is 13.5 Å². The number of ether oxygens (including phenoxy) is 1. The Balaban J connectivity index is 2.12. The first-order valence-corrected chi connectivity index (χ1v) is 5.53. The van der Waals surface area contributed by atoms with E-state index in [1.54, 1.807) is 0 Å². The zero-order valence-electron chi connectivity index (χ0n) is 9.96. The first kappa shape index (κ1) is 11.0. The number of rotatable bonds is 2. The van der Waals surface area contributed by atoms with E-state index in [9.17, 15) is 4.79 Å². The summed E-state index contributed by atoms with van der Waals surface area (Å²) in [5.74, 6) is -0.154. The number of hydrogen-bond donors (Lipinski definition) is 1. The SMILES string of the molecule is COC(=O)CC1Cc2cc(C)c(C)cc2N1. The minimum atomic E-state index is -0.154. The molecule has 1 aliphatic rings. The molecule has 16 heavy (non-hydrogen) atoms. The van der Waals surface area contributed by atoms with Crippen LogP contribution in [0.2, 0.25) is 0 Å². The summed E-state index contributed by atoms with van der Waals surface area (Å²) in [6.45, 7) is 4.22. The highest BCUT2D eigenvalue weighted by Gasteiger charge is 2.23. The van der Waals surface area contributed by atoms with Crippen LogP contribution >= 0.6 is 0 Å². The summed E-state index contributed by atoms with van der Waals surface area (Å²) in [5.41, 5.74) is 5.05. The van der Waals surface area contributed by atoms with Gasteiger partial charge in [0.15, 0.2) is 0 Å². The molecule has 1 aliphatic heterocycles. The zero-order valence-corrected chi connectivity index (χ0v) is 9.96. The van der Waals surface area contributed by atoms with Crippen LogP contribution in [-0.4, -0.2) is 19.1 Å². The van der Waals surface area contributed by atoms with Crippen molar-refractivity contribution in [1.82, 2.24) is 0 Å². The van der Waals surface area contributed by atoms with Crippen molar-refractivity contribution in [2.24, 2.45) is 0 Å². The van der Waals surface area contributed by atoms with E-state index in [1.165, 1.54) is 23.8 Å². The van der Waals surface area contributed by atoms with Crippen molar-refractivity contribution in [2.45, 2.75) is 32.7 Å². The Morgan fingerprint density at radius 2 is 2.12 bits per heavy atom. The fraction of sp³-hybridized carbons (Fsp3) is 0.462. The molecule has 86 valence electrons. The highest BCUT2D eigenvalue weighted by Crippen LogP contribution is 2.29. The van der Waals surface area contributed by atoms with Crippen molar-refractivity contribution in [3.63, 3.8) is 0 Å². The third-order valence-corrected chi connectivity index (χ3v) is 3.19. The Kier molecular flexibility index (Phi) is 2.86. The van der Waals surface area contributed by atoms with Gasteiger partial charge in [0.2, 0.25) is 0 Å². The van der Waals surface area contributed by atoms with Gasteiger partial charge in [-0.3, -0.25) is 4.79 Å². The molecule has 0 fully saturated rings. The van der Waals surface area contributed by atoms with Crippen molar-refractivity contribution in [3.8, 4) is 0 Å². The number of anilines is 1. The Morgan fingerprint density at radius 3 is 2.81 bits per heavy atom. The number of nitrogens with one attached hydrogen (secondary N) is 1. The lowest BCUT2D eigenvalue weighted by Gasteiger charge is -2.09. The molecule has 1 atom stereocenters. The molecule has 3 nitrogen and oxygen atoms in total. The lowest BCUT2D eigenvalue weighted by atomic mass is 10.0. The Bertz CT molecular complexity index is 395. The van der Waals surface area contributed by atoms with Crippen molar-refractivity contribution in [3.05, 3.63) is 28.8 Å². The summed E-state index contributed by atoms with van der Waals surface area (Å²) in [6, 6.07) is 4.54. The highest BCUT2D eigenvalue weighted by atomic mass is 16.5. The molecule has 0 aliphatic carbocycles. The van der Waals surface area contributed by atoms with Gasteiger partial charge in [0.1, 0.15) is 0 Å². The summed E-state index contributed by atoms with van der Waals surface area (Å²) in [6.07, 6.45) is 1.34. The molecule has 0 saturated carbocycles. The fourth-order valence-electron chi connectivity index (χ4n) is 2.12. The van der Waals surface area contributed by atoms with E-state index >= 15 is 0 Å². The van der Waals surface area contributed by atoms with Gasteiger partial charge >= 0.3 is 5.97 Å². The Labute approximate surface area is 95.8 Å². The van der Waals surface area contributed by atoms with Crippen LogP contribution < -0.4 is 5.32 Å². The molecule has 2 rings (SSSR count). The number of fused-ring (bicyclic) bond motifs is 1. The third-order valence-electron chi connectivity index (χ3n) is 3.19. The summed E-state index contributed by atoms with van der Waals surface area (Å²) < 4.78 is 4.68.